The number of aryl methyl sites for hydroxylation is 1. The summed E-state index contributed by atoms with van der Waals surface area (Å²) in [5.74, 6) is 0. The number of aromatic nitrogens is 2. The smallest absolute Gasteiger partial charge is 0.266 e. The summed E-state index contributed by atoms with van der Waals surface area (Å²) in [6.45, 7) is 0. The SMILES string of the molecule is CN(/N=C/c1ccc(Br)cc1)c1cnn(C)c(=O)c1Cl. The molecule has 1 heterocycles. The van der Waals surface area contributed by atoms with Crippen LogP contribution in [0.1, 0.15) is 5.56 Å². The van der Waals surface area contributed by atoms with E-state index in [0.717, 1.165) is 10.0 Å². The largest absolute Gasteiger partial charge is 0.287 e. The Balaban J connectivity index is 2.24. The first-order valence-electron chi connectivity index (χ1n) is 5.74. The third kappa shape index (κ3) is 3.26. The van der Waals surface area contributed by atoms with E-state index in [4.69, 9.17) is 11.6 Å². The van der Waals surface area contributed by atoms with Crippen molar-refractivity contribution in [2.75, 3.05) is 12.1 Å². The van der Waals surface area contributed by atoms with Crippen molar-refractivity contribution >= 4 is 39.4 Å². The van der Waals surface area contributed by atoms with Gasteiger partial charge in [0.05, 0.1) is 12.4 Å². The lowest BCUT2D eigenvalue weighted by molar-refractivity contribution is 0.705. The average Bonchev–Trinajstić information content (AvgIpc) is 2.44. The maximum atomic E-state index is 11.7. The van der Waals surface area contributed by atoms with Crippen LogP contribution in [0.2, 0.25) is 5.02 Å². The van der Waals surface area contributed by atoms with Crippen LogP contribution in [0.25, 0.3) is 0 Å². The van der Waals surface area contributed by atoms with Gasteiger partial charge in [-0.2, -0.15) is 10.2 Å². The Morgan fingerprint density at radius 3 is 2.70 bits per heavy atom. The van der Waals surface area contributed by atoms with Gasteiger partial charge in [0, 0.05) is 18.6 Å². The molecule has 0 atom stereocenters. The Hall–Kier alpha value is -1.66. The van der Waals surface area contributed by atoms with Gasteiger partial charge in [-0.25, -0.2) is 4.68 Å². The minimum atomic E-state index is -0.352. The van der Waals surface area contributed by atoms with E-state index >= 15 is 0 Å². The summed E-state index contributed by atoms with van der Waals surface area (Å²) < 4.78 is 2.18. The summed E-state index contributed by atoms with van der Waals surface area (Å²) in [6.07, 6.45) is 3.18. The first-order chi connectivity index (χ1) is 9.49. The molecule has 0 fully saturated rings. The van der Waals surface area contributed by atoms with Crippen molar-refractivity contribution in [1.29, 1.82) is 0 Å². The van der Waals surface area contributed by atoms with Gasteiger partial charge in [-0.3, -0.25) is 9.80 Å². The number of hydrogen-bond donors (Lipinski definition) is 0. The Kier molecular flexibility index (Phi) is 4.57. The van der Waals surface area contributed by atoms with Gasteiger partial charge in [0.2, 0.25) is 0 Å². The molecule has 7 heteroatoms. The molecule has 0 spiro atoms. The summed E-state index contributed by atoms with van der Waals surface area (Å²) >= 11 is 9.37. The second kappa shape index (κ2) is 6.19. The van der Waals surface area contributed by atoms with Gasteiger partial charge >= 0.3 is 0 Å². The van der Waals surface area contributed by atoms with E-state index in [1.165, 1.54) is 15.9 Å². The molecule has 0 aliphatic carbocycles. The van der Waals surface area contributed by atoms with E-state index in [0.29, 0.717) is 5.69 Å². The Morgan fingerprint density at radius 2 is 2.05 bits per heavy atom. The van der Waals surface area contributed by atoms with E-state index in [2.05, 4.69) is 26.1 Å². The molecule has 5 nitrogen and oxygen atoms in total. The van der Waals surface area contributed by atoms with Crippen molar-refractivity contribution in [3.8, 4) is 0 Å². The summed E-state index contributed by atoms with van der Waals surface area (Å²) in [6, 6.07) is 7.69. The Bertz CT molecular complexity index is 697. The summed E-state index contributed by atoms with van der Waals surface area (Å²) in [5.41, 5.74) is 1.05. The van der Waals surface area contributed by atoms with Gasteiger partial charge in [0.15, 0.2) is 0 Å². The van der Waals surface area contributed by atoms with Crippen molar-refractivity contribution in [2.24, 2.45) is 12.1 Å². The van der Waals surface area contributed by atoms with Gasteiger partial charge in [-0.05, 0) is 17.7 Å². The highest BCUT2D eigenvalue weighted by Crippen LogP contribution is 2.19. The fraction of sp³-hybridized carbons (Fsp3) is 0.154. The fourth-order valence-electron chi connectivity index (χ4n) is 1.49. The average molecular weight is 356 g/mol. The molecule has 1 aromatic heterocycles. The minimum absolute atomic E-state index is 0.0953. The molecule has 104 valence electrons. The molecule has 0 amide bonds. The topological polar surface area (TPSA) is 50.5 Å². The number of nitrogens with zero attached hydrogens (tertiary/aromatic N) is 4. The zero-order valence-corrected chi connectivity index (χ0v) is 13.3. The van der Waals surface area contributed by atoms with Gasteiger partial charge in [0.1, 0.15) is 10.7 Å². The number of halogens is 2. The van der Waals surface area contributed by atoms with E-state index in [-0.39, 0.29) is 10.6 Å². The molecule has 0 N–H and O–H groups in total. The van der Waals surface area contributed by atoms with Crippen LogP contribution in [0.4, 0.5) is 5.69 Å². The molecular weight excluding hydrogens is 344 g/mol. The van der Waals surface area contributed by atoms with Crippen LogP contribution in [-0.2, 0) is 7.05 Å². The summed E-state index contributed by atoms with van der Waals surface area (Å²) in [4.78, 5) is 11.7. The fourth-order valence-corrected chi connectivity index (χ4v) is 2.05. The normalized spacial score (nSPS) is 11.0. The van der Waals surface area contributed by atoms with Crippen molar-refractivity contribution in [3.05, 3.63) is 55.9 Å². The molecule has 0 aliphatic rings. The molecule has 0 aliphatic heterocycles. The second-order valence-electron chi connectivity index (χ2n) is 4.09. The highest BCUT2D eigenvalue weighted by Gasteiger charge is 2.10. The maximum absolute atomic E-state index is 11.7. The van der Waals surface area contributed by atoms with Crippen LogP contribution in [-0.4, -0.2) is 23.0 Å². The number of hydrogen-bond acceptors (Lipinski definition) is 4. The molecule has 20 heavy (non-hydrogen) atoms. The molecular formula is C13H12BrClN4O. The van der Waals surface area contributed by atoms with Crippen molar-refractivity contribution in [2.45, 2.75) is 0 Å². The lowest BCUT2D eigenvalue weighted by Crippen LogP contribution is -2.23. The minimum Gasteiger partial charge on any atom is -0.266 e. The molecule has 1 aromatic carbocycles. The van der Waals surface area contributed by atoms with Crippen molar-refractivity contribution < 1.29 is 0 Å². The molecule has 0 saturated heterocycles. The lowest BCUT2D eigenvalue weighted by atomic mass is 10.2. The summed E-state index contributed by atoms with van der Waals surface area (Å²) in [7, 11) is 3.25. The van der Waals surface area contributed by atoms with Gasteiger partial charge in [-0.1, -0.05) is 39.7 Å². The molecule has 0 bridgehead atoms. The van der Waals surface area contributed by atoms with Crippen molar-refractivity contribution in [3.63, 3.8) is 0 Å². The maximum Gasteiger partial charge on any atom is 0.287 e. The Labute approximate surface area is 129 Å². The van der Waals surface area contributed by atoms with Crippen LogP contribution in [0.3, 0.4) is 0 Å². The monoisotopic (exact) mass is 354 g/mol. The standard InChI is InChI=1S/C13H12BrClN4O/c1-18(11-8-17-19(2)13(20)12(11)15)16-7-9-3-5-10(14)6-4-9/h3-8H,1-2H3/b16-7+. The quantitative estimate of drug-likeness (QED) is 0.628. The third-order valence-electron chi connectivity index (χ3n) is 2.66. The van der Waals surface area contributed by atoms with E-state index in [1.807, 2.05) is 24.3 Å². The predicted molar refractivity (Wildman–Crippen MR) is 84.6 cm³/mol. The molecule has 0 unspecified atom stereocenters. The van der Waals surface area contributed by atoms with Gasteiger partial charge in [0.25, 0.3) is 5.56 Å². The zero-order chi connectivity index (χ0) is 14.7. The van der Waals surface area contributed by atoms with Crippen LogP contribution in [0.5, 0.6) is 0 Å². The molecule has 0 radical (unpaired) electrons. The number of hydrazone groups is 1. The molecule has 0 saturated carbocycles. The van der Waals surface area contributed by atoms with Crippen LogP contribution >= 0.6 is 27.5 Å². The third-order valence-corrected chi connectivity index (χ3v) is 3.54. The van der Waals surface area contributed by atoms with E-state index in [1.54, 1.807) is 20.3 Å². The van der Waals surface area contributed by atoms with Crippen LogP contribution < -0.4 is 10.6 Å². The molecule has 2 aromatic rings. The first kappa shape index (κ1) is 14.7. The second-order valence-corrected chi connectivity index (χ2v) is 5.39. The molecule has 2 rings (SSSR count). The van der Waals surface area contributed by atoms with Gasteiger partial charge < -0.3 is 0 Å². The van der Waals surface area contributed by atoms with Crippen LogP contribution in [0.15, 0.2) is 44.8 Å². The zero-order valence-electron chi connectivity index (χ0n) is 10.9. The highest BCUT2D eigenvalue weighted by atomic mass is 79.9. The summed E-state index contributed by atoms with van der Waals surface area (Å²) in [5, 5.41) is 9.78. The Morgan fingerprint density at radius 1 is 1.40 bits per heavy atom. The number of benzene rings is 1. The predicted octanol–water partition coefficient (Wildman–Crippen LogP) is 2.67. The number of anilines is 1. The van der Waals surface area contributed by atoms with Crippen molar-refractivity contribution in [1.82, 2.24) is 9.78 Å². The highest BCUT2D eigenvalue weighted by molar-refractivity contribution is 9.10. The van der Waals surface area contributed by atoms with Gasteiger partial charge in [-0.15, -0.1) is 0 Å². The van der Waals surface area contributed by atoms with E-state index < -0.39 is 0 Å². The first-order valence-corrected chi connectivity index (χ1v) is 6.91. The number of rotatable bonds is 3. The van der Waals surface area contributed by atoms with Crippen LogP contribution in [0, 0.1) is 0 Å². The lowest BCUT2D eigenvalue weighted by Gasteiger charge is -2.13. The van der Waals surface area contributed by atoms with E-state index in [9.17, 15) is 4.79 Å².